The fourth-order valence-electron chi connectivity index (χ4n) is 2.41. The molecule has 2 heterocycles. The van der Waals surface area contributed by atoms with Gasteiger partial charge in [-0.1, -0.05) is 0 Å². The number of hydrogen-bond acceptors (Lipinski definition) is 3. The zero-order valence-corrected chi connectivity index (χ0v) is 12.9. The average molecular weight is 347 g/mol. The van der Waals surface area contributed by atoms with E-state index in [-0.39, 0.29) is 24.6 Å². The summed E-state index contributed by atoms with van der Waals surface area (Å²) in [5, 5.41) is 0. The number of nitrogens with zero attached hydrogens (tertiary/aromatic N) is 3. The molecule has 0 saturated carbocycles. The van der Waals surface area contributed by atoms with Crippen molar-refractivity contribution in [1.29, 1.82) is 0 Å². The van der Waals surface area contributed by atoms with Crippen molar-refractivity contribution in [1.82, 2.24) is 4.90 Å². The van der Waals surface area contributed by atoms with Crippen LogP contribution < -0.4 is 4.90 Å². The lowest BCUT2D eigenvalue weighted by atomic mass is 10.1. The van der Waals surface area contributed by atoms with Crippen LogP contribution in [-0.2, 0) is 4.79 Å². The summed E-state index contributed by atoms with van der Waals surface area (Å²) in [4.78, 5) is 17.9. The predicted octanol–water partition coefficient (Wildman–Crippen LogP) is 3.29. The van der Waals surface area contributed by atoms with Crippen molar-refractivity contribution in [2.24, 2.45) is 4.99 Å². The van der Waals surface area contributed by atoms with Gasteiger partial charge in [0.25, 0.3) is 5.91 Å². The molecule has 9 heteroatoms. The Bertz CT molecular complexity index is 732. The van der Waals surface area contributed by atoms with Crippen LogP contribution in [0.5, 0.6) is 0 Å². The van der Waals surface area contributed by atoms with Crippen LogP contribution in [0.15, 0.2) is 23.1 Å². The van der Waals surface area contributed by atoms with Crippen LogP contribution in [0.25, 0.3) is 0 Å². The summed E-state index contributed by atoms with van der Waals surface area (Å²) >= 11 is 0. The second-order valence-electron chi connectivity index (χ2n) is 5.04. The molecule has 0 N–H and O–H groups in total. The third kappa shape index (κ3) is 2.98. The van der Waals surface area contributed by atoms with E-state index in [9.17, 15) is 26.7 Å². The highest BCUT2D eigenvalue weighted by Crippen LogP contribution is 2.32. The number of alkyl halides is 2. The van der Waals surface area contributed by atoms with Crippen LogP contribution >= 0.6 is 0 Å². The van der Waals surface area contributed by atoms with Gasteiger partial charge in [-0.2, -0.15) is 4.39 Å². The van der Waals surface area contributed by atoms with Crippen LogP contribution in [-0.4, -0.2) is 36.8 Å². The summed E-state index contributed by atoms with van der Waals surface area (Å²) < 4.78 is 61.5. The Kier molecular flexibility index (Phi) is 5.20. The smallest absolute Gasteiger partial charge is 0.262 e. The maximum absolute atomic E-state index is 14.4. The summed E-state index contributed by atoms with van der Waals surface area (Å²) in [6.45, 7) is 1.80. The third-order valence-corrected chi connectivity index (χ3v) is 3.66. The Morgan fingerprint density at radius 3 is 2.46 bits per heavy atom. The van der Waals surface area contributed by atoms with E-state index in [0.717, 1.165) is 15.9 Å². The SMILES string of the molecule is Cc1cc(F)c(N2C(=O)C=C(F)N3CCN=C32)c(F)c1C.FCF. The first kappa shape index (κ1) is 17.9. The lowest BCUT2D eigenvalue weighted by molar-refractivity contribution is -0.113. The van der Waals surface area contributed by atoms with Gasteiger partial charge in [-0.25, -0.2) is 22.5 Å². The number of guanidine groups is 1. The lowest BCUT2D eigenvalue weighted by Gasteiger charge is -2.31. The third-order valence-electron chi connectivity index (χ3n) is 3.66. The van der Waals surface area contributed by atoms with E-state index in [0.29, 0.717) is 11.6 Å². The molecule has 24 heavy (non-hydrogen) atoms. The van der Waals surface area contributed by atoms with Crippen molar-refractivity contribution in [2.45, 2.75) is 13.8 Å². The Balaban J connectivity index is 0.000000647. The molecule has 1 amide bonds. The van der Waals surface area contributed by atoms with E-state index >= 15 is 0 Å². The minimum absolute atomic E-state index is 0.0824. The predicted molar refractivity (Wildman–Crippen MR) is 78.6 cm³/mol. The monoisotopic (exact) mass is 347 g/mol. The molecule has 2 aliphatic heterocycles. The first-order valence-electron chi connectivity index (χ1n) is 6.93. The van der Waals surface area contributed by atoms with Crippen LogP contribution in [0, 0.1) is 25.5 Å². The molecular weight excluding hydrogens is 333 g/mol. The van der Waals surface area contributed by atoms with E-state index in [2.05, 4.69) is 4.99 Å². The van der Waals surface area contributed by atoms with Crippen molar-refractivity contribution < 1.29 is 26.7 Å². The Morgan fingerprint density at radius 1 is 1.21 bits per heavy atom. The van der Waals surface area contributed by atoms with E-state index in [1.807, 2.05) is 0 Å². The summed E-state index contributed by atoms with van der Waals surface area (Å²) in [5.41, 5.74) is 0.155. The fourth-order valence-corrected chi connectivity index (χ4v) is 2.41. The second-order valence-corrected chi connectivity index (χ2v) is 5.04. The molecule has 1 aromatic rings. The van der Waals surface area contributed by atoms with E-state index < -0.39 is 36.1 Å². The number of aryl methyl sites for hydroxylation is 1. The maximum atomic E-state index is 14.4. The van der Waals surface area contributed by atoms with Crippen LogP contribution in [0.3, 0.4) is 0 Å². The number of amides is 1. The number of aliphatic imine (C=N–C) groups is 1. The molecule has 4 nitrogen and oxygen atoms in total. The summed E-state index contributed by atoms with van der Waals surface area (Å²) in [5.74, 6) is -3.43. The van der Waals surface area contributed by atoms with Crippen molar-refractivity contribution >= 4 is 17.6 Å². The number of rotatable bonds is 1. The molecule has 130 valence electrons. The number of hydrogen-bond donors (Lipinski definition) is 0. The number of fused-ring (bicyclic) bond motifs is 1. The van der Waals surface area contributed by atoms with Gasteiger partial charge >= 0.3 is 0 Å². The molecule has 0 radical (unpaired) electrons. The van der Waals surface area contributed by atoms with Gasteiger partial charge in [0.05, 0.1) is 12.6 Å². The van der Waals surface area contributed by atoms with E-state index in [4.69, 9.17) is 0 Å². The molecule has 2 aliphatic rings. The molecule has 0 unspecified atom stereocenters. The Hall–Kier alpha value is -2.45. The highest BCUT2D eigenvalue weighted by atomic mass is 19.3. The van der Waals surface area contributed by atoms with Gasteiger partial charge < -0.3 is 0 Å². The number of halogens is 5. The minimum Gasteiger partial charge on any atom is -0.286 e. The summed E-state index contributed by atoms with van der Waals surface area (Å²) in [7, 11) is 0. The van der Waals surface area contributed by atoms with Crippen LogP contribution in [0.1, 0.15) is 11.1 Å². The quantitative estimate of drug-likeness (QED) is 0.577. The number of carbonyl (C=O) groups excluding carboxylic acids is 1. The molecule has 0 aromatic heterocycles. The van der Waals surface area contributed by atoms with Gasteiger partial charge in [0.2, 0.25) is 18.8 Å². The zero-order valence-electron chi connectivity index (χ0n) is 12.9. The van der Waals surface area contributed by atoms with E-state index in [1.165, 1.54) is 6.92 Å². The molecule has 3 rings (SSSR count). The van der Waals surface area contributed by atoms with E-state index in [1.54, 1.807) is 6.92 Å². The highest BCUT2D eigenvalue weighted by Gasteiger charge is 2.38. The molecule has 0 bridgehead atoms. The van der Waals surface area contributed by atoms with Gasteiger partial charge in [-0.05, 0) is 31.0 Å². The molecular formula is C15H14F5N3O. The fraction of sp³-hybridized carbons (Fsp3) is 0.333. The first-order valence-corrected chi connectivity index (χ1v) is 6.93. The number of anilines is 1. The standard InChI is InChI=1S/C14H12F3N3O.CH2F2/c1-7-5-9(15)13(12(17)8(7)2)20-11(21)6-10(16)19-4-3-18-14(19)20;2-1-3/h5-6H,3-4H2,1-2H3;1H2. The van der Waals surface area contributed by atoms with Crippen molar-refractivity contribution in [3.63, 3.8) is 0 Å². The molecule has 0 aliphatic carbocycles. The largest absolute Gasteiger partial charge is 0.286 e. The highest BCUT2D eigenvalue weighted by molar-refractivity contribution is 6.22. The molecule has 0 fully saturated rings. The summed E-state index contributed by atoms with van der Waals surface area (Å²) in [6.07, 6.45) is 0.707. The number of benzene rings is 1. The van der Waals surface area contributed by atoms with Gasteiger partial charge in [-0.3, -0.25) is 14.7 Å². The van der Waals surface area contributed by atoms with Gasteiger partial charge in [0.1, 0.15) is 5.69 Å². The van der Waals surface area contributed by atoms with Crippen molar-refractivity contribution in [2.75, 3.05) is 24.9 Å². The lowest BCUT2D eigenvalue weighted by Crippen LogP contribution is -2.48. The molecule has 0 atom stereocenters. The minimum atomic E-state index is -1.75. The molecule has 1 aromatic carbocycles. The molecule has 0 spiro atoms. The van der Waals surface area contributed by atoms with Gasteiger partial charge in [0.15, 0.2) is 11.6 Å². The zero-order chi connectivity index (χ0) is 18.0. The van der Waals surface area contributed by atoms with Gasteiger partial charge in [-0.15, -0.1) is 0 Å². The normalized spacial score (nSPS) is 16.4. The Morgan fingerprint density at radius 2 is 1.83 bits per heavy atom. The van der Waals surface area contributed by atoms with Gasteiger partial charge in [0, 0.05) is 6.54 Å². The Labute approximate surface area is 134 Å². The maximum Gasteiger partial charge on any atom is 0.262 e. The van der Waals surface area contributed by atoms with Crippen molar-refractivity contribution in [3.8, 4) is 0 Å². The first-order chi connectivity index (χ1) is 11.3. The molecule has 0 saturated heterocycles. The van der Waals surface area contributed by atoms with Crippen LogP contribution in [0.2, 0.25) is 0 Å². The van der Waals surface area contributed by atoms with Crippen molar-refractivity contribution in [3.05, 3.63) is 40.9 Å². The average Bonchev–Trinajstić information content (AvgIpc) is 2.99. The summed E-state index contributed by atoms with van der Waals surface area (Å²) in [6, 6.07) is 1.15. The number of carbonyl (C=O) groups is 1. The topological polar surface area (TPSA) is 35.9 Å². The van der Waals surface area contributed by atoms with Crippen LogP contribution in [0.4, 0.5) is 27.6 Å². The second kappa shape index (κ2) is 6.98.